The van der Waals surface area contributed by atoms with Crippen molar-refractivity contribution in [1.82, 2.24) is 15.1 Å². The summed E-state index contributed by atoms with van der Waals surface area (Å²) in [6.07, 6.45) is 10.4. The molecule has 2 atom stereocenters. The molecule has 5 heteroatoms. The van der Waals surface area contributed by atoms with Crippen molar-refractivity contribution in [3.8, 4) is 0 Å². The van der Waals surface area contributed by atoms with Crippen LogP contribution < -0.4 is 5.32 Å². The molecule has 3 aliphatic rings. The van der Waals surface area contributed by atoms with Crippen LogP contribution in [0.15, 0.2) is 0 Å². The summed E-state index contributed by atoms with van der Waals surface area (Å²) in [5.74, 6) is 1.06. The van der Waals surface area contributed by atoms with Crippen LogP contribution in [0.2, 0.25) is 0 Å². The quantitative estimate of drug-likeness (QED) is 0.741. The van der Waals surface area contributed by atoms with Gasteiger partial charge in [0.25, 0.3) is 0 Å². The molecule has 1 N–H and O–H groups in total. The number of carbonyl (C=O) groups is 2. The fraction of sp³-hybridized carbons (Fsp3) is 0.909. The Kier molecular flexibility index (Phi) is 7.18. The summed E-state index contributed by atoms with van der Waals surface area (Å²) >= 11 is 0. The van der Waals surface area contributed by atoms with E-state index in [9.17, 15) is 9.59 Å². The molecule has 5 nitrogen and oxygen atoms in total. The van der Waals surface area contributed by atoms with E-state index in [2.05, 4.69) is 29.0 Å². The number of hydrogen-bond donors (Lipinski definition) is 1. The molecule has 1 aliphatic carbocycles. The van der Waals surface area contributed by atoms with Crippen molar-refractivity contribution in [2.75, 3.05) is 32.7 Å². The van der Waals surface area contributed by atoms with Crippen LogP contribution in [0, 0.1) is 11.3 Å². The summed E-state index contributed by atoms with van der Waals surface area (Å²) in [4.78, 5) is 30.5. The highest BCUT2D eigenvalue weighted by Gasteiger charge is 2.52. The summed E-state index contributed by atoms with van der Waals surface area (Å²) in [6, 6.07) is 0.112. The molecule has 0 spiro atoms. The molecule has 0 aromatic heterocycles. The minimum atomic E-state index is -0.342. The number of piperidine rings is 2. The Morgan fingerprint density at radius 1 is 1.11 bits per heavy atom. The monoisotopic (exact) mass is 377 g/mol. The molecule has 2 heterocycles. The number of hydrogen-bond acceptors (Lipinski definition) is 3. The molecular weight excluding hydrogens is 338 g/mol. The normalized spacial score (nSPS) is 29.7. The van der Waals surface area contributed by atoms with Gasteiger partial charge < -0.3 is 15.1 Å². The second-order valence-electron chi connectivity index (χ2n) is 9.35. The van der Waals surface area contributed by atoms with E-state index in [0.717, 1.165) is 58.2 Å². The minimum absolute atomic E-state index is 0.112. The third kappa shape index (κ3) is 4.85. The maximum absolute atomic E-state index is 13.3. The van der Waals surface area contributed by atoms with Crippen LogP contribution in [0.1, 0.15) is 78.1 Å². The van der Waals surface area contributed by atoms with E-state index in [1.54, 1.807) is 0 Å². The average molecular weight is 378 g/mol. The molecule has 0 aromatic rings. The van der Waals surface area contributed by atoms with Crippen LogP contribution in [0.25, 0.3) is 0 Å². The number of nitrogens with zero attached hydrogens (tertiary/aromatic N) is 2. The second kappa shape index (κ2) is 9.40. The van der Waals surface area contributed by atoms with Gasteiger partial charge in [0.1, 0.15) is 0 Å². The molecule has 0 unspecified atom stereocenters. The lowest BCUT2D eigenvalue weighted by Crippen LogP contribution is -2.62. The highest BCUT2D eigenvalue weighted by molar-refractivity contribution is 5.88. The topological polar surface area (TPSA) is 52.7 Å². The number of likely N-dealkylation sites (tertiary alicyclic amines) is 2. The van der Waals surface area contributed by atoms with Gasteiger partial charge in [0.05, 0.1) is 5.41 Å². The molecule has 3 fully saturated rings. The summed E-state index contributed by atoms with van der Waals surface area (Å²) in [5.41, 5.74) is -0.342. The van der Waals surface area contributed by atoms with Crippen LogP contribution in [-0.2, 0) is 9.59 Å². The summed E-state index contributed by atoms with van der Waals surface area (Å²) in [7, 11) is 0. The van der Waals surface area contributed by atoms with Gasteiger partial charge in [-0.25, -0.2) is 0 Å². The Balaban J connectivity index is 1.62. The molecule has 27 heavy (non-hydrogen) atoms. The molecule has 0 radical (unpaired) electrons. The van der Waals surface area contributed by atoms with E-state index in [1.165, 1.54) is 32.4 Å². The van der Waals surface area contributed by atoms with E-state index in [0.29, 0.717) is 12.3 Å². The van der Waals surface area contributed by atoms with E-state index in [4.69, 9.17) is 0 Å². The van der Waals surface area contributed by atoms with E-state index in [-0.39, 0.29) is 23.3 Å². The van der Waals surface area contributed by atoms with Gasteiger partial charge in [-0.05, 0) is 57.5 Å². The maximum atomic E-state index is 13.3. The van der Waals surface area contributed by atoms with Gasteiger partial charge in [-0.15, -0.1) is 0 Å². The Hall–Kier alpha value is -1.10. The zero-order chi connectivity index (χ0) is 19.3. The lowest BCUT2D eigenvalue weighted by Gasteiger charge is -2.51. The first-order valence-electron chi connectivity index (χ1n) is 11.3. The first-order chi connectivity index (χ1) is 13.0. The smallest absolute Gasteiger partial charge is 0.228 e. The van der Waals surface area contributed by atoms with Crippen molar-refractivity contribution in [2.45, 2.75) is 84.1 Å². The van der Waals surface area contributed by atoms with Gasteiger partial charge in [-0.3, -0.25) is 9.59 Å². The first-order valence-corrected chi connectivity index (χ1v) is 11.3. The summed E-state index contributed by atoms with van der Waals surface area (Å²) < 4.78 is 0. The molecule has 0 bridgehead atoms. The standard InChI is InChI=1S/C22H39N3O2/c1-18(2)10-16-25-19-8-4-5-11-22(19,12-9-20(25)26)21(27)23-13-17-24-14-6-3-7-15-24/h18-19H,3-17H2,1-2H3,(H,23,27)/t19-,22-/m1/s1. The molecule has 1 saturated carbocycles. The predicted octanol–water partition coefficient (Wildman–Crippen LogP) is 3.19. The number of nitrogens with one attached hydrogen (secondary N) is 1. The van der Waals surface area contributed by atoms with Gasteiger partial charge in [0, 0.05) is 32.1 Å². The lowest BCUT2D eigenvalue weighted by molar-refractivity contribution is -0.155. The van der Waals surface area contributed by atoms with E-state index < -0.39 is 0 Å². The van der Waals surface area contributed by atoms with Crippen molar-refractivity contribution >= 4 is 11.8 Å². The van der Waals surface area contributed by atoms with E-state index in [1.807, 2.05) is 0 Å². The van der Waals surface area contributed by atoms with Crippen molar-refractivity contribution in [2.24, 2.45) is 11.3 Å². The minimum Gasteiger partial charge on any atom is -0.354 e. The molecule has 3 rings (SSSR count). The summed E-state index contributed by atoms with van der Waals surface area (Å²) in [6.45, 7) is 9.26. The van der Waals surface area contributed by atoms with Gasteiger partial charge in [0.15, 0.2) is 0 Å². The van der Waals surface area contributed by atoms with Gasteiger partial charge in [-0.2, -0.15) is 0 Å². The van der Waals surface area contributed by atoms with Crippen LogP contribution in [0.4, 0.5) is 0 Å². The predicted molar refractivity (Wildman–Crippen MR) is 108 cm³/mol. The molecular formula is C22H39N3O2. The van der Waals surface area contributed by atoms with Gasteiger partial charge in [0.2, 0.25) is 11.8 Å². The number of amides is 2. The third-order valence-electron chi connectivity index (χ3n) is 7.03. The number of carbonyl (C=O) groups excluding carboxylic acids is 2. The Bertz CT molecular complexity index is 516. The maximum Gasteiger partial charge on any atom is 0.228 e. The number of rotatable bonds is 7. The number of fused-ring (bicyclic) bond motifs is 1. The van der Waals surface area contributed by atoms with Crippen molar-refractivity contribution in [1.29, 1.82) is 0 Å². The van der Waals surface area contributed by atoms with Crippen LogP contribution in [0.3, 0.4) is 0 Å². The highest BCUT2D eigenvalue weighted by atomic mass is 16.2. The average Bonchev–Trinajstić information content (AvgIpc) is 2.68. The zero-order valence-electron chi connectivity index (χ0n) is 17.5. The molecule has 154 valence electrons. The molecule has 2 amide bonds. The first kappa shape index (κ1) is 20.6. The van der Waals surface area contributed by atoms with Crippen molar-refractivity contribution < 1.29 is 9.59 Å². The Morgan fingerprint density at radius 3 is 2.63 bits per heavy atom. The van der Waals surface area contributed by atoms with Gasteiger partial charge in [-0.1, -0.05) is 33.1 Å². The van der Waals surface area contributed by atoms with Crippen LogP contribution in [-0.4, -0.2) is 60.4 Å². The fourth-order valence-electron chi connectivity index (χ4n) is 5.36. The molecule has 0 aromatic carbocycles. The van der Waals surface area contributed by atoms with Crippen LogP contribution in [0.5, 0.6) is 0 Å². The summed E-state index contributed by atoms with van der Waals surface area (Å²) in [5, 5.41) is 3.27. The van der Waals surface area contributed by atoms with Gasteiger partial charge >= 0.3 is 0 Å². The fourth-order valence-corrected chi connectivity index (χ4v) is 5.36. The third-order valence-corrected chi connectivity index (χ3v) is 7.03. The molecule has 2 saturated heterocycles. The molecule has 2 aliphatic heterocycles. The second-order valence-corrected chi connectivity index (χ2v) is 9.35. The Labute approximate surface area is 165 Å². The van der Waals surface area contributed by atoms with Crippen molar-refractivity contribution in [3.63, 3.8) is 0 Å². The highest BCUT2D eigenvalue weighted by Crippen LogP contribution is 2.46. The largest absolute Gasteiger partial charge is 0.354 e. The lowest BCUT2D eigenvalue weighted by atomic mass is 9.64. The van der Waals surface area contributed by atoms with E-state index >= 15 is 0 Å². The SMILES string of the molecule is CC(C)CCN1C(=O)CC[C@]2(C(=O)NCCN3CCCCC3)CCCC[C@@H]12. The Morgan fingerprint density at radius 2 is 1.89 bits per heavy atom. The van der Waals surface area contributed by atoms with Crippen molar-refractivity contribution in [3.05, 3.63) is 0 Å². The van der Waals surface area contributed by atoms with Crippen LogP contribution >= 0.6 is 0 Å². The zero-order valence-corrected chi connectivity index (χ0v) is 17.5.